The highest BCUT2D eigenvalue weighted by molar-refractivity contribution is 5.80. The van der Waals surface area contributed by atoms with Gasteiger partial charge in [-0.05, 0) is 18.6 Å². The zero-order valence-electron chi connectivity index (χ0n) is 17.6. The molecule has 0 N–H and O–H groups in total. The van der Waals surface area contributed by atoms with Crippen LogP contribution in [0.25, 0.3) is 0 Å². The number of nitrogens with zero attached hydrogens (tertiary/aromatic N) is 1. The van der Waals surface area contributed by atoms with Crippen molar-refractivity contribution in [2.75, 3.05) is 41.5 Å². The number of hydrogen-bond acceptors (Lipinski definition) is 9. The van der Waals surface area contributed by atoms with Gasteiger partial charge in [0.2, 0.25) is 5.75 Å². The van der Waals surface area contributed by atoms with E-state index in [2.05, 4.69) is 9.47 Å². The van der Waals surface area contributed by atoms with Crippen LogP contribution in [-0.2, 0) is 23.9 Å². The molecule has 29 heavy (non-hydrogen) atoms. The zero-order chi connectivity index (χ0) is 21.8. The molecule has 0 heterocycles. The lowest BCUT2D eigenvalue weighted by molar-refractivity contribution is -0.146. The molecular weight excluding hydrogens is 382 g/mol. The second-order valence-corrected chi connectivity index (χ2v) is 6.03. The summed E-state index contributed by atoms with van der Waals surface area (Å²) in [4.78, 5) is 37.8. The number of carbonyl (C=O) groups is 3. The lowest BCUT2D eigenvalue weighted by atomic mass is 10.1. The van der Waals surface area contributed by atoms with E-state index < -0.39 is 23.9 Å². The van der Waals surface area contributed by atoms with Crippen molar-refractivity contribution in [3.63, 3.8) is 0 Å². The van der Waals surface area contributed by atoms with Gasteiger partial charge < -0.3 is 23.7 Å². The van der Waals surface area contributed by atoms with Gasteiger partial charge in [-0.1, -0.05) is 13.0 Å². The van der Waals surface area contributed by atoms with E-state index >= 15 is 0 Å². The fourth-order valence-electron chi connectivity index (χ4n) is 2.76. The lowest BCUT2D eigenvalue weighted by Crippen LogP contribution is -2.45. The Labute approximate surface area is 170 Å². The molecule has 0 aliphatic carbocycles. The summed E-state index contributed by atoms with van der Waals surface area (Å²) in [6.07, 6.45) is 0.539. The smallest absolute Gasteiger partial charge is 0.329 e. The van der Waals surface area contributed by atoms with Gasteiger partial charge in [-0.25, -0.2) is 4.79 Å². The molecule has 0 spiro atoms. The van der Waals surface area contributed by atoms with Crippen LogP contribution in [0, 0.1) is 0 Å². The molecule has 1 rings (SSSR count). The molecule has 0 bridgehead atoms. The molecule has 162 valence electrons. The number of para-hydroxylation sites is 1. The van der Waals surface area contributed by atoms with Crippen molar-refractivity contribution < 1.29 is 38.1 Å². The van der Waals surface area contributed by atoms with Gasteiger partial charge in [0, 0.05) is 13.1 Å². The first kappa shape index (κ1) is 24.2. The van der Waals surface area contributed by atoms with Gasteiger partial charge >= 0.3 is 17.9 Å². The molecule has 0 amide bonds. The molecule has 9 heteroatoms. The molecular formula is C20H29NO8. The number of ether oxygens (including phenoxy) is 5. The predicted molar refractivity (Wildman–Crippen MR) is 104 cm³/mol. The van der Waals surface area contributed by atoms with Crippen LogP contribution >= 0.6 is 0 Å². The Balaban J connectivity index is 3.04. The highest BCUT2D eigenvalue weighted by Crippen LogP contribution is 2.37. The number of methoxy groups -OCH3 is 4. The van der Waals surface area contributed by atoms with Crippen molar-refractivity contribution in [3.05, 3.63) is 18.2 Å². The van der Waals surface area contributed by atoms with Gasteiger partial charge in [0.25, 0.3) is 0 Å². The van der Waals surface area contributed by atoms with Crippen LogP contribution in [0.2, 0.25) is 0 Å². The minimum Gasteiger partial charge on any atom is -0.493 e. The molecule has 0 fully saturated rings. The van der Waals surface area contributed by atoms with Crippen molar-refractivity contribution in [2.45, 2.75) is 32.2 Å². The molecule has 0 saturated carbocycles. The van der Waals surface area contributed by atoms with Crippen LogP contribution in [0.1, 0.15) is 26.2 Å². The minimum absolute atomic E-state index is 0.0689. The van der Waals surface area contributed by atoms with Crippen molar-refractivity contribution in [2.24, 2.45) is 0 Å². The summed E-state index contributed by atoms with van der Waals surface area (Å²) in [5, 5.41) is 0. The normalized spacial score (nSPS) is 11.5. The summed E-state index contributed by atoms with van der Waals surface area (Å²) >= 11 is 0. The minimum atomic E-state index is -0.695. The van der Waals surface area contributed by atoms with E-state index in [4.69, 9.17) is 14.2 Å². The maximum atomic E-state index is 12.9. The van der Waals surface area contributed by atoms with Gasteiger partial charge in [-0.15, -0.1) is 0 Å². The van der Waals surface area contributed by atoms with Crippen LogP contribution in [-0.4, -0.2) is 70.4 Å². The first-order chi connectivity index (χ1) is 13.9. The Hall–Kier alpha value is -2.81. The molecule has 0 aliphatic rings. The lowest BCUT2D eigenvalue weighted by Gasteiger charge is -2.29. The molecule has 0 saturated heterocycles. The first-order valence-electron chi connectivity index (χ1n) is 9.22. The second kappa shape index (κ2) is 12.6. The monoisotopic (exact) mass is 411 g/mol. The van der Waals surface area contributed by atoms with Crippen molar-refractivity contribution in [1.29, 1.82) is 0 Å². The third-order valence-electron chi connectivity index (χ3n) is 4.35. The van der Waals surface area contributed by atoms with E-state index in [0.717, 1.165) is 0 Å². The van der Waals surface area contributed by atoms with Gasteiger partial charge in [0.1, 0.15) is 6.04 Å². The van der Waals surface area contributed by atoms with Crippen LogP contribution in [0.5, 0.6) is 17.2 Å². The fraction of sp³-hybridized carbons (Fsp3) is 0.550. The molecule has 1 atom stereocenters. The summed E-state index contributed by atoms with van der Waals surface area (Å²) in [5.41, 5.74) is 0. The molecule has 1 aromatic carbocycles. The van der Waals surface area contributed by atoms with Crippen LogP contribution in [0.3, 0.4) is 0 Å². The second-order valence-electron chi connectivity index (χ2n) is 6.03. The van der Waals surface area contributed by atoms with Crippen LogP contribution < -0.4 is 14.2 Å². The van der Waals surface area contributed by atoms with E-state index in [1.807, 2.05) is 6.92 Å². The van der Waals surface area contributed by atoms with Crippen LogP contribution in [0.15, 0.2) is 18.2 Å². The van der Waals surface area contributed by atoms with E-state index in [1.165, 1.54) is 28.4 Å². The number of rotatable bonds is 12. The standard InChI is InChI=1S/C20H29NO8/c1-6-14(21(12-10-17(22)27-4)13-11-18(23)28-5)20(24)29-19-15(25-2)8-7-9-16(19)26-3/h7-9,14H,6,10-13H2,1-5H3. The Morgan fingerprint density at radius 1 is 0.897 bits per heavy atom. The highest BCUT2D eigenvalue weighted by atomic mass is 16.6. The Bertz CT molecular complexity index is 649. The number of hydrogen-bond donors (Lipinski definition) is 0. The van der Waals surface area contributed by atoms with E-state index in [-0.39, 0.29) is 31.7 Å². The SMILES string of the molecule is CCC(C(=O)Oc1c(OC)cccc1OC)N(CCC(=O)OC)CCC(=O)OC. The fourth-order valence-corrected chi connectivity index (χ4v) is 2.76. The third-order valence-corrected chi connectivity index (χ3v) is 4.35. The summed E-state index contributed by atoms with van der Waals surface area (Å²) in [7, 11) is 5.51. The van der Waals surface area contributed by atoms with Gasteiger partial charge in [-0.3, -0.25) is 14.5 Å². The number of benzene rings is 1. The van der Waals surface area contributed by atoms with E-state index in [9.17, 15) is 14.4 Å². The molecule has 9 nitrogen and oxygen atoms in total. The van der Waals surface area contributed by atoms with Gasteiger partial charge in [0.15, 0.2) is 11.5 Å². The maximum Gasteiger partial charge on any atom is 0.329 e. The summed E-state index contributed by atoms with van der Waals surface area (Å²) in [5.74, 6) is -0.510. The average Bonchev–Trinajstić information content (AvgIpc) is 2.74. The van der Waals surface area contributed by atoms with Gasteiger partial charge in [-0.2, -0.15) is 0 Å². The summed E-state index contributed by atoms with van der Waals surface area (Å²) in [6.45, 7) is 2.26. The predicted octanol–water partition coefficient (Wildman–Crippen LogP) is 1.82. The number of carbonyl (C=O) groups excluding carboxylic acids is 3. The maximum absolute atomic E-state index is 12.9. The van der Waals surface area contributed by atoms with E-state index in [0.29, 0.717) is 17.9 Å². The van der Waals surface area contributed by atoms with Crippen LogP contribution in [0.4, 0.5) is 0 Å². The molecule has 0 aromatic heterocycles. The third kappa shape index (κ3) is 7.26. The van der Waals surface area contributed by atoms with Crippen molar-refractivity contribution >= 4 is 17.9 Å². The topological polar surface area (TPSA) is 101 Å². The largest absolute Gasteiger partial charge is 0.493 e. The Morgan fingerprint density at radius 2 is 1.38 bits per heavy atom. The Morgan fingerprint density at radius 3 is 1.76 bits per heavy atom. The number of esters is 3. The summed E-state index contributed by atoms with van der Waals surface area (Å²) < 4.78 is 25.5. The molecule has 1 unspecified atom stereocenters. The zero-order valence-corrected chi connectivity index (χ0v) is 17.6. The Kier molecular flexibility index (Phi) is 10.5. The molecule has 1 aromatic rings. The van der Waals surface area contributed by atoms with Gasteiger partial charge in [0.05, 0.1) is 41.3 Å². The van der Waals surface area contributed by atoms with Crippen molar-refractivity contribution in [1.82, 2.24) is 4.90 Å². The quantitative estimate of drug-likeness (QED) is 0.376. The average molecular weight is 411 g/mol. The molecule has 0 radical (unpaired) electrons. The first-order valence-corrected chi connectivity index (χ1v) is 9.22. The summed E-state index contributed by atoms with van der Waals surface area (Å²) in [6, 6.07) is 4.32. The highest BCUT2D eigenvalue weighted by Gasteiger charge is 2.29. The van der Waals surface area contributed by atoms with E-state index in [1.54, 1.807) is 23.1 Å². The van der Waals surface area contributed by atoms with Crippen molar-refractivity contribution in [3.8, 4) is 17.2 Å². The molecule has 0 aliphatic heterocycles.